The molecule has 0 heterocycles. The third kappa shape index (κ3) is 4.92. The Morgan fingerprint density at radius 2 is 2.40 bits per heavy atom. The van der Waals surface area contributed by atoms with Gasteiger partial charge in [0.15, 0.2) is 0 Å². The first-order valence-corrected chi connectivity index (χ1v) is 3.06. The van der Waals surface area contributed by atoms with Crippen molar-refractivity contribution in [2.24, 2.45) is 0 Å². The van der Waals surface area contributed by atoms with E-state index in [1.807, 2.05) is 0 Å². The minimum Gasteiger partial charge on any atom is -0.463 e. The molecule has 0 atom stereocenters. The highest BCUT2D eigenvalue weighted by atomic mass is 16.5. The average molecular weight is 138 g/mol. The summed E-state index contributed by atoms with van der Waals surface area (Å²) in [5, 5.41) is 0. The molecule has 0 fully saturated rings. The maximum Gasteiger partial charge on any atom is 0.331 e. The van der Waals surface area contributed by atoms with Gasteiger partial charge in [-0.2, -0.15) is 0 Å². The second-order valence-corrected chi connectivity index (χ2v) is 1.48. The fourth-order valence-corrected chi connectivity index (χ4v) is 0.383. The Hall–Kier alpha value is -1.23. The monoisotopic (exact) mass is 138 g/mol. The lowest BCUT2D eigenvalue weighted by atomic mass is 10.5. The lowest BCUT2D eigenvalue weighted by Gasteiger charge is -1.91. The highest BCUT2D eigenvalue weighted by Gasteiger charge is 1.89. The molecule has 0 N–H and O–H groups in total. The molecule has 2 heteroatoms. The molecule has 0 aliphatic carbocycles. The number of carbonyl (C=O) groups excluding carboxylic acids is 1. The van der Waals surface area contributed by atoms with Crippen LogP contribution in [0.2, 0.25) is 0 Å². The van der Waals surface area contributed by atoms with Gasteiger partial charge in [0.25, 0.3) is 0 Å². The first kappa shape index (κ1) is 8.77. The Balaban J connectivity index is 3.63. The van der Waals surface area contributed by atoms with Gasteiger partial charge >= 0.3 is 5.97 Å². The van der Waals surface area contributed by atoms with Crippen LogP contribution in [0.4, 0.5) is 0 Å². The zero-order valence-electron chi connectivity index (χ0n) is 6.18. The molecule has 2 nitrogen and oxygen atoms in total. The van der Waals surface area contributed by atoms with Crippen LogP contribution in [0.1, 0.15) is 13.8 Å². The maximum absolute atomic E-state index is 10.5. The van der Waals surface area contributed by atoms with Gasteiger partial charge < -0.3 is 4.74 Å². The molecule has 0 radical (unpaired) electrons. The second kappa shape index (κ2) is 5.90. The molecule has 0 spiro atoms. The molecule has 0 aliphatic rings. The first-order chi connectivity index (χ1) is 4.81. The van der Waals surface area contributed by atoms with Crippen molar-refractivity contribution in [1.82, 2.24) is 0 Å². The van der Waals surface area contributed by atoms with Gasteiger partial charge in [-0.1, -0.05) is 5.92 Å². The van der Waals surface area contributed by atoms with Crippen LogP contribution in [-0.2, 0) is 9.53 Å². The number of hydrogen-bond donors (Lipinski definition) is 0. The average Bonchev–Trinajstić information content (AvgIpc) is 1.89. The summed E-state index contributed by atoms with van der Waals surface area (Å²) in [6, 6.07) is 0. The lowest BCUT2D eigenvalue weighted by Crippen LogP contribution is -1.98. The van der Waals surface area contributed by atoms with Crippen LogP contribution >= 0.6 is 0 Å². The summed E-state index contributed by atoms with van der Waals surface area (Å²) < 4.78 is 4.59. The van der Waals surface area contributed by atoms with E-state index in [0.29, 0.717) is 6.61 Å². The summed E-state index contributed by atoms with van der Waals surface area (Å²) in [5.74, 6) is 4.88. The van der Waals surface area contributed by atoms with Crippen molar-refractivity contribution < 1.29 is 9.53 Å². The number of ether oxygens (including phenoxy) is 1. The van der Waals surface area contributed by atoms with Gasteiger partial charge in [0.1, 0.15) is 0 Å². The van der Waals surface area contributed by atoms with Crippen molar-refractivity contribution >= 4 is 5.97 Å². The van der Waals surface area contributed by atoms with Crippen LogP contribution in [0, 0.1) is 11.8 Å². The SMILES string of the molecule is CC#C/C=C\C(=O)OCC. The van der Waals surface area contributed by atoms with Gasteiger partial charge in [0.2, 0.25) is 0 Å². The van der Waals surface area contributed by atoms with Crippen molar-refractivity contribution in [2.45, 2.75) is 13.8 Å². The third-order valence-corrected chi connectivity index (χ3v) is 0.734. The minimum absolute atomic E-state index is 0.342. The summed E-state index contributed by atoms with van der Waals surface area (Å²) in [7, 11) is 0. The van der Waals surface area contributed by atoms with E-state index in [9.17, 15) is 4.79 Å². The van der Waals surface area contributed by atoms with Gasteiger partial charge in [-0.15, -0.1) is 5.92 Å². The van der Waals surface area contributed by atoms with Crippen molar-refractivity contribution in [2.75, 3.05) is 6.61 Å². The second-order valence-electron chi connectivity index (χ2n) is 1.48. The summed E-state index contributed by atoms with van der Waals surface area (Å²) in [4.78, 5) is 10.5. The van der Waals surface area contributed by atoms with Crippen LogP contribution in [0.5, 0.6) is 0 Å². The van der Waals surface area contributed by atoms with Crippen molar-refractivity contribution in [1.29, 1.82) is 0 Å². The summed E-state index contributed by atoms with van der Waals surface area (Å²) in [5.41, 5.74) is 0. The third-order valence-electron chi connectivity index (χ3n) is 0.734. The van der Waals surface area contributed by atoms with Crippen LogP contribution in [0.25, 0.3) is 0 Å². The molecule has 0 aromatic carbocycles. The maximum atomic E-state index is 10.5. The Morgan fingerprint density at radius 3 is 2.90 bits per heavy atom. The standard InChI is InChI=1S/C8H10O2/c1-3-5-6-7-8(9)10-4-2/h6-7H,4H2,1-2H3/b7-6-. The van der Waals surface area contributed by atoms with Crippen LogP contribution in [0.3, 0.4) is 0 Å². The summed E-state index contributed by atoms with van der Waals surface area (Å²) in [6.45, 7) is 3.87. The van der Waals surface area contributed by atoms with Crippen LogP contribution < -0.4 is 0 Å². The Kier molecular flexibility index (Phi) is 5.17. The molecule has 0 aliphatic heterocycles. The molecule has 54 valence electrons. The molecule has 0 aromatic rings. The van der Waals surface area contributed by atoms with Gasteiger partial charge in [0, 0.05) is 6.08 Å². The predicted octanol–water partition coefficient (Wildman–Crippen LogP) is 1.13. The normalized spacial score (nSPS) is 8.60. The van der Waals surface area contributed by atoms with E-state index in [1.165, 1.54) is 12.2 Å². The van der Waals surface area contributed by atoms with Crippen molar-refractivity contribution in [3.63, 3.8) is 0 Å². The molecule has 0 amide bonds. The van der Waals surface area contributed by atoms with E-state index >= 15 is 0 Å². The highest BCUT2D eigenvalue weighted by Crippen LogP contribution is 1.79. The molecule has 0 aromatic heterocycles. The van der Waals surface area contributed by atoms with E-state index in [-0.39, 0.29) is 5.97 Å². The lowest BCUT2D eigenvalue weighted by molar-refractivity contribution is -0.137. The van der Waals surface area contributed by atoms with Gasteiger partial charge in [-0.05, 0) is 19.9 Å². The molecule has 0 saturated carbocycles. The topological polar surface area (TPSA) is 26.3 Å². The van der Waals surface area contributed by atoms with E-state index in [1.54, 1.807) is 13.8 Å². The highest BCUT2D eigenvalue weighted by molar-refractivity contribution is 5.82. The van der Waals surface area contributed by atoms with Crippen molar-refractivity contribution in [3.05, 3.63) is 12.2 Å². The van der Waals surface area contributed by atoms with Gasteiger partial charge in [-0.3, -0.25) is 0 Å². The summed E-state index contributed by atoms with van der Waals surface area (Å²) >= 11 is 0. The fourth-order valence-electron chi connectivity index (χ4n) is 0.383. The van der Waals surface area contributed by atoms with E-state index in [4.69, 9.17) is 0 Å². The Bertz CT molecular complexity index is 181. The number of esters is 1. The van der Waals surface area contributed by atoms with Crippen LogP contribution in [-0.4, -0.2) is 12.6 Å². The minimum atomic E-state index is -0.342. The number of hydrogen-bond acceptors (Lipinski definition) is 2. The van der Waals surface area contributed by atoms with Gasteiger partial charge in [-0.25, -0.2) is 4.79 Å². The molecule has 10 heavy (non-hydrogen) atoms. The molecular formula is C8H10O2. The summed E-state index contributed by atoms with van der Waals surface area (Å²) in [6.07, 6.45) is 2.78. The number of carbonyl (C=O) groups is 1. The van der Waals surface area contributed by atoms with Crippen LogP contribution in [0.15, 0.2) is 12.2 Å². The number of rotatable bonds is 2. The molecule has 0 bridgehead atoms. The zero-order valence-corrected chi connectivity index (χ0v) is 6.18. The smallest absolute Gasteiger partial charge is 0.331 e. The number of allylic oxidation sites excluding steroid dienone is 1. The Labute approximate surface area is 60.9 Å². The van der Waals surface area contributed by atoms with E-state index in [2.05, 4.69) is 16.6 Å². The molecule has 0 saturated heterocycles. The van der Waals surface area contributed by atoms with E-state index in [0.717, 1.165) is 0 Å². The Morgan fingerprint density at radius 1 is 1.70 bits per heavy atom. The molecule has 0 rings (SSSR count). The molecular weight excluding hydrogens is 128 g/mol. The van der Waals surface area contributed by atoms with E-state index < -0.39 is 0 Å². The van der Waals surface area contributed by atoms with Gasteiger partial charge in [0.05, 0.1) is 6.61 Å². The largest absolute Gasteiger partial charge is 0.463 e. The predicted molar refractivity (Wildman–Crippen MR) is 39.2 cm³/mol. The quantitative estimate of drug-likeness (QED) is 0.325. The molecule has 0 unspecified atom stereocenters. The first-order valence-electron chi connectivity index (χ1n) is 3.06. The zero-order chi connectivity index (χ0) is 7.82. The van der Waals surface area contributed by atoms with Crippen molar-refractivity contribution in [3.8, 4) is 11.8 Å². The fraction of sp³-hybridized carbons (Fsp3) is 0.375.